The van der Waals surface area contributed by atoms with E-state index in [1.54, 1.807) is 0 Å². The molecule has 142 valence electrons. The second kappa shape index (κ2) is 7.80. The molecular weight excluding hydrogens is 408 g/mol. The molecule has 5 nitrogen and oxygen atoms in total. The van der Waals surface area contributed by atoms with E-state index < -0.39 is 0 Å². The van der Waals surface area contributed by atoms with Crippen molar-refractivity contribution in [2.75, 3.05) is 18.5 Å². The second-order valence-corrected chi connectivity index (χ2v) is 7.95. The molecule has 4 rings (SSSR count). The molecule has 27 heavy (non-hydrogen) atoms. The number of carbonyl (C=O) groups excluding carboxylic acids is 1. The van der Waals surface area contributed by atoms with Gasteiger partial charge in [-0.3, -0.25) is 0 Å². The fourth-order valence-corrected chi connectivity index (χ4v) is 3.78. The third-order valence-electron chi connectivity index (χ3n) is 5.13. The number of rotatable bonds is 5. The molecule has 1 heterocycles. The van der Waals surface area contributed by atoms with Crippen molar-refractivity contribution in [3.63, 3.8) is 0 Å². The van der Waals surface area contributed by atoms with Crippen LogP contribution in [0.15, 0.2) is 46.9 Å². The molecule has 1 fully saturated rings. The van der Waals surface area contributed by atoms with Gasteiger partial charge in [0.2, 0.25) is 0 Å². The topological polar surface area (TPSA) is 50.8 Å². The number of hydrogen-bond donors (Lipinski definition) is 1. The van der Waals surface area contributed by atoms with Gasteiger partial charge >= 0.3 is 6.03 Å². The number of nitrogens with zero attached hydrogens (tertiary/aromatic N) is 1. The van der Waals surface area contributed by atoms with Crippen LogP contribution in [0.1, 0.15) is 25.3 Å². The maximum atomic E-state index is 13.1. The van der Waals surface area contributed by atoms with Gasteiger partial charge in [-0.25, -0.2) is 4.79 Å². The summed E-state index contributed by atoms with van der Waals surface area (Å²) in [6, 6.07) is 13.9. The SMILES string of the molecule is CC(C1CC1)N(Cc1ccccc1)C(=O)Nc1cc2c(cc1Br)OCCO2. The first-order valence-electron chi connectivity index (χ1n) is 9.32. The van der Waals surface area contributed by atoms with Gasteiger partial charge in [-0.05, 0) is 47.2 Å². The normalized spacial score (nSPS) is 16.5. The Bertz CT molecular complexity index is 824. The Morgan fingerprint density at radius 1 is 1.19 bits per heavy atom. The monoisotopic (exact) mass is 430 g/mol. The van der Waals surface area contributed by atoms with Crippen molar-refractivity contribution in [3.8, 4) is 11.5 Å². The summed E-state index contributed by atoms with van der Waals surface area (Å²) < 4.78 is 12.0. The van der Waals surface area contributed by atoms with Gasteiger partial charge in [0.1, 0.15) is 13.2 Å². The van der Waals surface area contributed by atoms with E-state index in [0.717, 1.165) is 10.0 Å². The minimum atomic E-state index is -0.101. The van der Waals surface area contributed by atoms with Crippen molar-refractivity contribution in [1.82, 2.24) is 4.90 Å². The Balaban J connectivity index is 1.54. The van der Waals surface area contributed by atoms with Crippen molar-refractivity contribution in [2.24, 2.45) is 5.92 Å². The summed E-state index contributed by atoms with van der Waals surface area (Å²) >= 11 is 3.53. The number of urea groups is 1. The number of benzene rings is 2. The van der Waals surface area contributed by atoms with E-state index in [1.165, 1.54) is 12.8 Å². The van der Waals surface area contributed by atoms with Crippen molar-refractivity contribution in [1.29, 1.82) is 0 Å². The van der Waals surface area contributed by atoms with Gasteiger partial charge in [0.15, 0.2) is 11.5 Å². The van der Waals surface area contributed by atoms with Gasteiger partial charge in [-0.15, -0.1) is 0 Å². The van der Waals surface area contributed by atoms with E-state index in [-0.39, 0.29) is 12.1 Å². The third-order valence-corrected chi connectivity index (χ3v) is 5.78. The summed E-state index contributed by atoms with van der Waals surface area (Å²) in [5.41, 5.74) is 1.81. The Morgan fingerprint density at radius 2 is 1.85 bits per heavy atom. The average molecular weight is 431 g/mol. The van der Waals surface area contributed by atoms with Gasteiger partial charge in [-0.1, -0.05) is 30.3 Å². The number of ether oxygens (including phenoxy) is 2. The summed E-state index contributed by atoms with van der Waals surface area (Å²) in [7, 11) is 0. The molecule has 0 bridgehead atoms. The first kappa shape index (κ1) is 18.2. The van der Waals surface area contributed by atoms with Gasteiger partial charge in [0.25, 0.3) is 0 Å². The number of halogens is 1. The number of fused-ring (bicyclic) bond motifs is 1. The number of amides is 2. The highest BCUT2D eigenvalue weighted by atomic mass is 79.9. The molecule has 2 aliphatic rings. The third kappa shape index (κ3) is 4.21. The molecule has 1 unspecified atom stereocenters. The van der Waals surface area contributed by atoms with E-state index in [9.17, 15) is 4.79 Å². The largest absolute Gasteiger partial charge is 0.486 e. The van der Waals surface area contributed by atoms with E-state index in [4.69, 9.17) is 9.47 Å². The predicted octanol–water partition coefficient (Wildman–Crippen LogP) is 5.05. The van der Waals surface area contributed by atoms with Gasteiger partial charge in [0, 0.05) is 29.2 Å². The molecule has 2 aromatic carbocycles. The highest BCUT2D eigenvalue weighted by Crippen LogP contribution is 2.39. The van der Waals surface area contributed by atoms with Crippen molar-refractivity contribution < 1.29 is 14.3 Å². The molecule has 1 N–H and O–H groups in total. The molecule has 0 spiro atoms. The number of nitrogens with one attached hydrogen (secondary N) is 1. The van der Waals surface area contributed by atoms with Crippen LogP contribution in [0.25, 0.3) is 0 Å². The Kier molecular flexibility index (Phi) is 5.25. The molecule has 1 aliphatic heterocycles. The van der Waals surface area contributed by atoms with Crippen LogP contribution in [0.5, 0.6) is 11.5 Å². The average Bonchev–Trinajstić information content (AvgIpc) is 3.52. The number of carbonyl (C=O) groups is 1. The predicted molar refractivity (Wildman–Crippen MR) is 108 cm³/mol. The molecule has 0 saturated heterocycles. The van der Waals surface area contributed by atoms with Gasteiger partial charge in [-0.2, -0.15) is 0 Å². The molecule has 2 amide bonds. The van der Waals surface area contributed by atoms with Crippen LogP contribution in [-0.4, -0.2) is 30.2 Å². The van der Waals surface area contributed by atoms with Gasteiger partial charge in [0.05, 0.1) is 5.69 Å². The zero-order valence-electron chi connectivity index (χ0n) is 15.3. The fourth-order valence-electron chi connectivity index (χ4n) is 3.36. The smallest absolute Gasteiger partial charge is 0.322 e. The minimum absolute atomic E-state index is 0.101. The van der Waals surface area contributed by atoms with Crippen molar-refractivity contribution in [2.45, 2.75) is 32.4 Å². The van der Waals surface area contributed by atoms with Crippen LogP contribution in [0.4, 0.5) is 10.5 Å². The van der Waals surface area contributed by atoms with Crippen LogP contribution in [0.2, 0.25) is 0 Å². The minimum Gasteiger partial charge on any atom is -0.486 e. The Labute approximate surface area is 167 Å². The molecular formula is C21H23BrN2O3. The maximum Gasteiger partial charge on any atom is 0.322 e. The van der Waals surface area contributed by atoms with Crippen LogP contribution in [-0.2, 0) is 6.54 Å². The first-order valence-corrected chi connectivity index (χ1v) is 10.1. The van der Waals surface area contributed by atoms with E-state index in [2.05, 4.69) is 40.3 Å². The highest BCUT2D eigenvalue weighted by Gasteiger charge is 2.34. The lowest BCUT2D eigenvalue weighted by atomic mass is 10.1. The molecule has 0 aromatic heterocycles. The van der Waals surface area contributed by atoms with Crippen molar-refractivity contribution >= 4 is 27.6 Å². The summed E-state index contributed by atoms with van der Waals surface area (Å²) in [6.07, 6.45) is 2.38. The lowest BCUT2D eigenvalue weighted by molar-refractivity contribution is 0.171. The highest BCUT2D eigenvalue weighted by molar-refractivity contribution is 9.10. The van der Waals surface area contributed by atoms with Crippen molar-refractivity contribution in [3.05, 3.63) is 52.5 Å². The van der Waals surface area contributed by atoms with Crippen LogP contribution < -0.4 is 14.8 Å². The molecule has 1 aliphatic carbocycles. The Hall–Kier alpha value is -2.21. The maximum absolute atomic E-state index is 13.1. The summed E-state index contributed by atoms with van der Waals surface area (Å²) in [4.78, 5) is 15.1. The van der Waals surface area contributed by atoms with E-state index >= 15 is 0 Å². The standard InChI is InChI=1S/C21H23BrN2O3/c1-14(16-7-8-16)24(13-15-5-3-2-4-6-15)21(25)23-18-12-20-19(11-17(18)22)26-9-10-27-20/h2-6,11-12,14,16H,7-10,13H2,1H3,(H,23,25). The quantitative estimate of drug-likeness (QED) is 0.721. The number of hydrogen-bond acceptors (Lipinski definition) is 3. The van der Waals surface area contributed by atoms with E-state index in [0.29, 0.717) is 42.9 Å². The van der Waals surface area contributed by atoms with Crippen LogP contribution >= 0.6 is 15.9 Å². The lowest BCUT2D eigenvalue weighted by Crippen LogP contribution is -2.42. The summed E-state index contributed by atoms with van der Waals surface area (Å²) in [6.45, 7) is 3.78. The summed E-state index contributed by atoms with van der Waals surface area (Å²) in [5, 5.41) is 3.05. The van der Waals surface area contributed by atoms with Gasteiger partial charge < -0.3 is 19.7 Å². The first-order chi connectivity index (χ1) is 13.1. The van der Waals surface area contributed by atoms with E-state index in [1.807, 2.05) is 35.2 Å². The summed E-state index contributed by atoms with van der Waals surface area (Å²) in [5.74, 6) is 1.94. The zero-order valence-corrected chi connectivity index (χ0v) is 16.9. The zero-order chi connectivity index (χ0) is 18.8. The molecule has 1 atom stereocenters. The van der Waals surface area contributed by atoms with Crippen LogP contribution in [0, 0.1) is 5.92 Å². The molecule has 0 radical (unpaired) electrons. The second-order valence-electron chi connectivity index (χ2n) is 7.10. The van der Waals surface area contributed by atoms with Crippen LogP contribution in [0.3, 0.4) is 0 Å². The Morgan fingerprint density at radius 3 is 2.52 bits per heavy atom. The lowest BCUT2D eigenvalue weighted by Gasteiger charge is -2.30. The molecule has 2 aromatic rings. The molecule has 1 saturated carbocycles. The fraction of sp³-hybridized carbons (Fsp3) is 0.381. The number of anilines is 1. The molecule has 6 heteroatoms.